The van der Waals surface area contributed by atoms with Gasteiger partial charge in [-0.25, -0.2) is 0 Å². The molecular formula is C18H14ClN3O2. The molecule has 0 bridgehead atoms. The van der Waals surface area contributed by atoms with Crippen LogP contribution in [0.4, 0.5) is 0 Å². The second kappa shape index (κ2) is 6.09. The van der Waals surface area contributed by atoms with E-state index in [0.717, 1.165) is 5.56 Å². The summed E-state index contributed by atoms with van der Waals surface area (Å²) >= 11 is 5.98. The van der Waals surface area contributed by atoms with Crippen LogP contribution in [0.15, 0.2) is 59.1 Å². The van der Waals surface area contributed by atoms with Crippen LogP contribution in [0.3, 0.4) is 0 Å². The van der Waals surface area contributed by atoms with Gasteiger partial charge in [-0.2, -0.15) is 4.98 Å². The van der Waals surface area contributed by atoms with Gasteiger partial charge in [-0.15, -0.1) is 0 Å². The molecule has 5 nitrogen and oxygen atoms in total. The third-order valence-electron chi connectivity index (χ3n) is 4.06. The number of hydrogen-bond acceptors (Lipinski definition) is 4. The Morgan fingerprint density at radius 3 is 2.67 bits per heavy atom. The summed E-state index contributed by atoms with van der Waals surface area (Å²) in [5.74, 6) is 1.18. The second-order valence-corrected chi connectivity index (χ2v) is 6.18. The fourth-order valence-electron chi connectivity index (χ4n) is 2.71. The molecule has 0 aliphatic carbocycles. The molecule has 3 aromatic rings. The zero-order chi connectivity index (χ0) is 16.5. The monoisotopic (exact) mass is 339 g/mol. The number of rotatable bonds is 3. The largest absolute Gasteiger partial charge is 0.339 e. The Labute approximate surface area is 143 Å². The summed E-state index contributed by atoms with van der Waals surface area (Å²) < 4.78 is 5.35. The van der Waals surface area contributed by atoms with Gasteiger partial charge in [-0.1, -0.05) is 47.1 Å². The van der Waals surface area contributed by atoms with E-state index in [1.807, 2.05) is 42.5 Å². The van der Waals surface area contributed by atoms with Gasteiger partial charge in [0.2, 0.25) is 11.7 Å². The maximum absolute atomic E-state index is 12.3. The van der Waals surface area contributed by atoms with Crippen molar-refractivity contribution in [3.63, 3.8) is 0 Å². The van der Waals surface area contributed by atoms with Crippen molar-refractivity contribution in [3.05, 3.63) is 71.1 Å². The van der Waals surface area contributed by atoms with Crippen LogP contribution >= 0.6 is 11.6 Å². The number of benzene rings is 2. The molecule has 0 saturated carbocycles. The van der Waals surface area contributed by atoms with Crippen LogP contribution in [0.1, 0.15) is 22.2 Å². The first-order chi connectivity index (χ1) is 11.7. The van der Waals surface area contributed by atoms with E-state index in [0.29, 0.717) is 35.4 Å². The zero-order valence-electron chi connectivity index (χ0n) is 12.7. The second-order valence-electron chi connectivity index (χ2n) is 5.74. The number of hydrogen-bond donors (Lipinski definition) is 0. The molecule has 1 aromatic heterocycles. The summed E-state index contributed by atoms with van der Waals surface area (Å²) in [4.78, 5) is 18.5. The van der Waals surface area contributed by atoms with Crippen LogP contribution in [0.2, 0.25) is 5.02 Å². The number of carbonyl (C=O) groups is 1. The minimum atomic E-state index is 0.0291. The normalized spacial score (nSPS) is 14.5. The highest BCUT2D eigenvalue weighted by Gasteiger charge is 2.36. The van der Waals surface area contributed by atoms with Crippen molar-refractivity contribution in [2.24, 2.45) is 0 Å². The van der Waals surface area contributed by atoms with Crippen molar-refractivity contribution in [2.75, 3.05) is 13.1 Å². The number of carbonyl (C=O) groups excluding carboxylic acids is 1. The average Bonchev–Trinajstić information content (AvgIpc) is 3.04. The Bertz CT molecular complexity index is 873. The van der Waals surface area contributed by atoms with Crippen molar-refractivity contribution >= 4 is 17.5 Å². The van der Waals surface area contributed by atoms with E-state index in [1.165, 1.54) is 0 Å². The van der Waals surface area contributed by atoms with Crippen LogP contribution in [0.5, 0.6) is 0 Å². The summed E-state index contributed by atoms with van der Waals surface area (Å²) in [5, 5.41) is 4.64. The van der Waals surface area contributed by atoms with Crippen LogP contribution < -0.4 is 0 Å². The highest BCUT2D eigenvalue weighted by Crippen LogP contribution is 2.29. The van der Waals surface area contributed by atoms with Crippen molar-refractivity contribution in [1.82, 2.24) is 15.0 Å². The summed E-state index contributed by atoms with van der Waals surface area (Å²) in [5.41, 5.74) is 1.51. The number of halogens is 1. The minimum Gasteiger partial charge on any atom is -0.339 e. The van der Waals surface area contributed by atoms with Gasteiger partial charge < -0.3 is 9.42 Å². The van der Waals surface area contributed by atoms with E-state index in [-0.39, 0.29) is 11.8 Å². The molecule has 0 unspecified atom stereocenters. The molecule has 0 atom stereocenters. The van der Waals surface area contributed by atoms with Gasteiger partial charge in [0.25, 0.3) is 5.91 Å². The molecule has 4 rings (SSSR count). The van der Waals surface area contributed by atoms with Gasteiger partial charge in [0.1, 0.15) is 0 Å². The molecule has 1 aliphatic heterocycles. The zero-order valence-corrected chi connectivity index (χ0v) is 13.5. The van der Waals surface area contributed by atoms with Gasteiger partial charge in [0, 0.05) is 29.2 Å². The molecule has 6 heteroatoms. The molecule has 1 fully saturated rings. The van der Waals surface area contributed by atoms with Crippen molar-refractivity contribution in [1.29, 1.82) is 0 Å². The summed E-state index contributed by atoms with van der Waals surface area (Å²) in [7, 11) is 0. The smallest absolute Gasteiger partial charge is 0.253 e. The Morgan fingerprint density at radius 2 is 1.92 bits per heavy atom. The highest BCUT2D eigenvalue weighted by atomic mass is 35.5. The fraction of sp³-hybridized carbons (Fsp3) is 0.167. The maximum Gasteiger partial charge on any atom is 0.253 e. The molecule has 1 aliphatic rings. The predicted octanol–water partition coefficient (Wildman–Crippen LogP) is 3.63. The number of nitrogens with zero attached hydrogens (tertiary/aromatic N) is 3. The molecule has 120 valence electrons. The third kappa shape index (κ3) is 2.78. The standard InChI is InChI=1S/C18H14ClN3O2/c19-15-8-4-7-13(9-15)16-20-17(24-21-16)14-10-22(11-14)18(23)12-5-2-1-3-6-12/h1-9,14H,10-11H2. The summed E-state index contributed by atoms with van der Waals surface area (Å²) in [6, 6.07) is 16.6. The molecule has 1 amide bonds. The Morgan fingerprint density at radius 1 is 1.12 bits per heavy atom. The van der Waals surface area contributed by atoms with Gasteiger partial charge in [-0.3, -0.25) is 4.79 Å². The van der Waals surface area contributed by atoms with E-state index < -0.39 is 0 Å². The molecule has 24 heavy (non-hydrogen) atoms. The van der Waals surface area contributed by atoms with E-state index in [1.54, 1.807) is 17.0 Å². The Kier molecular flexibility index (Phi) is 3.78. The Hall–Kier alpha value is -2.66. The molecule has 0 spiro atoms. The summed E-state index contributed by atoms with van der Waals surface area (Å²) in [6.07, 6.45) is 0. The van der Waals surface area contributed by atoms with Crippen LogP contribution in [-0.2, 0) is 0 Å². The first-order valence-corrected chi connectivity index (χ1v) is 8.02. The fourth-order valence-corrected chi connectivity index (χ4v) is 2.90. The lowest BCUT2D eigenvalue weighted by Gasteiger charge is -2.37. The average molecular weight is 340 g/mol. The van der Waals surface area contributed by atoms with E-state index in [9.17, 15) is 4.79 Å². The first-order valence-electron chi connectivity index (χ1n) is 7.64. The highest BCUT2D eigenvalue weighted by molar-refractivity contribution is 6.30. The predicted molar refractivity (Wildman–Crippen MR) is 89.8 cm³/mol. The minimum absolute atomic E-state index is 0.0291. The third-order valence-corrected chi connectivity index (χ3v) is 4.30. The molecule has 1 saturated heterocycles. The lowest BCUT2D eigenvalue weighted by molar-refractivity contribution is 0.0569. The lowest BCUT2D eigenvalue weighted by Crippen LogP contribution is -2.48. The number of likely N-dealkylation sites (tertiary alicyclic amines) is 1. The molecule has 2 aromatic carbocycles. The van der Waals surface area contributed by atoms with Gasteiger partial charge in [-0.05, 0) is 24.3 Å². The van der Waals surface area contributed by atoms with E-state index in [2.05, 4.69) is 10.1 Å². The molecule has 0 N–H and O–H groups in total. The molecular weight excluding hydrogens is 326 g/mol. The van der Waals surface area contributed by atoms with E-state index >= 15 is 0 Å². The quantitative estimate of drug-likeness (QED) is 0.731. The number of aromatic nitrogens is 2. The van der Waals surface area contributed by atoms with Crippen LogP contribution in [0.25, 0.3) is 11.4 Å². The SMILES string of the molecule is O=C(c1ccccc1)N1CC(c2nc(-c3cccc(Cl)c3)no2)C1. The summed E-state index contributed by atoms with van der Waals surface area (Å²) in [6.45, 7) is 1.18. The van der Waals surface area contributed by atoms with Crippen LogP contribution in [0, 0.1) is 0 Å². The first kappa shape index (κ1) is 14.9. The molecule has 0 radical (unpaired) electrons. The van der Waals surface area contributed by atoms with Crippen molar-refractivity contribution < 1.29 is 9.32 Å². The Balaban J connectivity index is 1.44. The van der Waals surface area contributed by atoms with Crippen molar-refractivity contribution in [3.8, 4) is 11.4 Å². The molecule has 2 heterocycles. The van der Waals surface area contributed by atoms with Crippen molar-refractivity contribution in [2.45, 2.75) is 5.92 Å². The lowest BCUT2D eigenvalue weighted by atomic mass is 9.99. The topological polar surface area (TPSA) is 59.2 Å². The van der Waals surface area contributed by atoms with Gasteiger partial charge in [0.15, 0.2) is 0 Å². The maximum atomic E-state index is 12.3. The van der Waals surface area contributed by atoms with Gasteiger partial charge >= 0.3 is 0 Å². The van der Waals surface area contributed by atoms with Crippen LogP contribution in [-0.4, -0.2) is 34.0 Å². The van der Waals surface area contributed by atoms with Gasteiger partial charge in [0.05, 0.1) is 5.92 Å². The van der Waals surface area contributed by atoms with E-state index in [4.69, 9.17) is 16.1 Å². The number of amides is 1.